The van der Waals surface area contributed by atoms with E-state index >= 15 is 0 Å². The van der Waals surface area contributed by atoms with E-state index in [1.165, 1.54) is 0 Å². The van der Waals surface area contributed by atoms with Crippen LogP contribution in [-0.2, 0) is 9.53 Å². The van der Waals surface area contributed by atoms with Gasteiger partial charge >= 0.3 is 0 Å². The smallest absolute Gasteiger partial charge is 0.253 e. The SMILES string of the molecule is Cc1cccc(C(C)C)c1NC(=O)[C@@H]1CC[C@H](CN)O1.Cl. The van der Waals surface area contributed by atoms with Crippen LogP contribution in [0.1, 0.15) is 43.7 Å². The molecule has 2 rings (SSSR count). The van der Waals surface area contributed by atoms with Crippen LogP contribution in [0.3, 0.4) is 0 Å². The number of benzene rings is 1. The van der Waals surface area contributed by atoms with Gasteiger partial charge in [-0.05, 0) is 36.8 Å². The van der Waals surface area contributed by atoms with Crippen molar-refractivity contribution in [2.24, 2.45) is 5.73 Å². The van der Waals surface area contributed by atoms with E-state index in [1.54, 1.807) is 0 Å². The fourth-order valence-corrected chi connectivity index (χ4v) is 2.62. The van der Waals surface area contributed by atoms with Crippen molar-refractivity contribution in [2.75, 3.05) is 11.9 Å². The van der Waals surface area contributed by atoms with Gasteiger partial charge in [-0.15, -0.1) is 12.4 Å². The topological polar surface area (TPSA) is 64.4 Å². The molecule has 4 nitrogen and oxygen atoms in total. The maximum Gasteiger partial charge on any atom is 0.253 e. The van der Waals surface area contributed by atoms with Crippen LogP contribution < -0.4 is 11.1 Å². The van der Waals surface area contributed by atoms with Gasteiger partial charge in [0.15, 0.2) is 0 Å². The van der Waals surface area contributed by atoms with Crippen LogP contribution in [0.4, 0.5) is 5.69 Å². The third kappa shape index (κ3) is 4.19. The molecule has 5 heteroatoms. The molecule has 0 aliphatic carbocycles. The number of carbonyl (C=O) groups excluding carboxylic acids is 1. The molecule has 1 fully saturated rings. The summed E-state index contributed by atoms with van der Waals surface area (Å²) in [6.07, 6.45) is 1.26. The molecule has 1 aliphatic heterocycles. The number of hydrogen-bond acceptors (Lipinski definition) is 3. The molecule has 0 aromatic heterocycles. The van der Waals surface area contributed by atoms with E-state index in [4.69, 9.17) is 10.5 Å². The zero-order valence-corrected chi connectivity index (χ0v) is 13.7. The number of nitrogens with one attached hydrogen (secondary N) is 1. The number of rotatable bonds is 4. The number of carbonyl (C=O) groups is 1. The normalized spacial score (nSPS) is 21.2. The number of amides is 1. The molecule has 1 saturated heterocycles. The first kappa shape index (κ1) is 18.0. The van der Waals surface area contributed by atoms with Gasteiger partial charge in [-0.1, -0.05) is 32.0 Å². The minimum Gasteiger partial charge on any atom is -0.364 e. The monoisotopic (exact) mass is 312 g/mol. The summed E-state index contributed by atoms with van der Waals surface area (Å²) < 4.78 is 5.65. The highest BCUT2D eigenvalue weighted by Gasteiger charge is 2.30. The number of para-hydroxylation sites is 1. The van der Waals surface area contributed by atoms with Gasteiger partial charge < -0.3 is 15.8 Å². The minimum absolute atomic E-state index is 0. The van der Waals surface area contributed by atoms with Crippen LogP contribution in [0.5, 0.6) is 0 Å². The van der Waals surface area contributed by atoms with Gasteiger partial charge in [0.05, 0.1) is 6.10 Å². The molecule has 1 aliphatic rings. The lowest BCUT2D eigenvalue weighted by molar-refractivity contribution is -0.126. The van der Waals surface area contributed by atoms with E-state index in [-0.39, 0.29) is 30.5 Å². The number of halogens is 1. The van der Waals surface area contributed by atoms with Crippen LogP contribution in [0, 0.1) is 6.92 Å². The van der Waals surface area contributed by atoms with Crippen LogP contribution in [0.25, 0.3) is 0 Å². The third-order valence-electron chi connectivity index (χ3n) is 3.84. The summed E-state index contributed by atoms with van der Waals surface area (Å²) in [7, 11) is 0. The summed E-state index contributed by atoms with van der Waals surface area (Å²) in [4.78, 5) is 12.3. The molecule has 21 heavy (non-hydrogen) atoms. The van der Waals surface area contributed by atoms with Crippen molar-refractivity contribution in [1.29, 1.82) is 0 Å². The highest BCUT2D eigenvalue weighted by Crippen LogP contribution is 2.28. The highest BCUT2D eigenvalue weighted by atomic mass is 35.5. The number of nitrogens with two attached hydrogens (primary N) is 1. The van der Waals surface area contributed by atoms with Crippen molar-refractivity contribution in [3.8, 4) is 0 Å². The molecule has 0 bridgehead atoms. The number of aryl methyl sites for hydroxylation is 1. The van der Waals surface area contributed by atoms with Gasteiger partial charge in [0, 0.05) is 12.2 Å². The zero-order valence-electron chi connectivity index (χ0n) is 12.9. The molecule has 1 heterocycles. The van der Waals surface area contributed by atoms with E-state index < -0.39 is 0 Å². The second-order valence-corrected chi connectivity index (χ2v) is 5.74. The Morgan fingerprint density at radius 2 is 2.14 bits per heavy atom. The first-order chi connectivity index (χ1) is 9.52. The second-order valence-electron chi connectivity index (χ2n) is 5.74. The fraction of sp³-hybridized carbons (Fsp3) is 0.562. The summed E-state index contributed by atoms with van der Waals surface area (Å²) in [6.45, 7) is 6.74. The van der Waals surface area contributed by atoms with Crippen molar-refractivity contribution in [2.45, 2.75) is 51.7 Å². The predicted octanol–water partition coefficient (Wildman–Crippen LogP) is 2.99. The molecule has 2 atom stereocenters. The van der Waals surface area contributed by atoms with Gasteiger partial charge in [0.25, 0.3) is 5.91 Å². The Kier molecular flexibility index (Phi) is 6.65. The van der Waals surface area contributed by atoms with Crippen molar-refractivity contribution in [3.05, 3.63) is 29.3 Å². The number of anilines is 1. The van der Waals surface area contributed by atoms with Crippen molar-refractivity contribution < 1.29 is 9.53 Å². The summed E-state index contributed by atoms with van der Waals surface area (Å²) in [6, 6.07) is 6.10. The van der Waals surface area contributed by atoms with E-state index in [2.05, 4.69) is 25.2 Å². The molecule has 0 saturated carbocycles. The molecule has 0 radical (unpaired) electrons. The van der Waals surface area contributed by atoms with Crippen LogP contribution in [-0.4, -0.2) is 24.7 Å². The van der Waals surface area contributed by atoms with Gasteiger partial charge in [-0.3, -0.25) is 4.79 Å². The molecular weight excluding hydrogens is 288 g/mol. The zero-order chi connectivity index (χ0) is 14.7. The molecule has 0 unspecified atom stereocenters. The Labute approximate surface area is 132 Å². The van der Waals surface area contributed by atoms with Crippen molar-refractivity contribution in [3.63, 3.8) is 0 Å². The molecular formula is C16H25ClN2O2. The van der Waals surface area contributed by atoms with Crippen LogP contribution in [0.2, 0.25) is 0 Å². The molecule has 118 valence electrons. The quantitative estimate of drug-likeness (QED) is 0.898. The van der Waals surface area contributed by atoms with E-state index in [9.17, 15) is 4.79 Å². The summed E-state index contributed by atoms with van der Waals surface area (Å²) in [5, 5.41) is 3.04. The van der Waals surface area contributed by atoms with Crippen LogP contribution >= 0.6 is 12.4 Å². The average Bonchev–Trinajstić information content (AvgIpc) is 2.89. The Morgan fingerprint density at radius 3 is 2.71 bits per heavy atom. The lowest BCUT2D eigenvalue weighted by Gasteiger charge is -2.18. The largest absolute Gasteiger partial charge is 0.364 e. The Morgan fingerprint density at radius 1 is 1.43 bits per heavy atom. The van der Waals surface area contributed by atoms with E-state index in [0.717, 1.165) is 29.7 Å². The molecule has 3 N–H and O–H groups in total. The van der Waals surface area contributed by atoms with Crippen molar-refractivity contribution in [1.82, 2.24) is 0 Å². The van der Waals surface area contributed by atoms with E-state index in [1.807, 2.05) is 19.1 Å². The Hall–Kier alpha value is -1.10. The van der Waals surface area contributed by atoms with E-state index in [0.29, 0.717) is 12.5 Å². The summed E-state index contributed by atoms with van der Waals surface area (Å²) >= 11 is 0. The fourth-order valence-electron chi connectivity index (χ4n) is 2.62. The van der Waals surface area contributed by atoms with Crippen molar-refractivity contribution >= 4 is 24.0 Å². The maximum atomic E-state index is 12.3. The Bertz CT molecular complexity index is 491. The van der Waals surface area contributed by atoms with Gasteiger partial charge in [-0.25, -0.2) is 0 Å². The lowest BCUT2D eigenvalue weighted by atomic mass is 9.98. The Balaban J connectivity index is 0.00000220. The second kappa shape index (κ2) is 7.78. The molecule has 1 amide bonds. The van der Waals surface area contributed by atoms with Gasteiger partial charge in [-0.2, -0.15) is 0 Å². The third-order valence-corrected chi connectivity index (χ3v) is 3.84. The summed E-state index contributed by atoms with van der Waals surface area (Å²) in [5.41, 5.74) is 8.74. The van der Waals surface area contributed by atoms with Gasteiger partial charge in [0.1, 0.15) is 6.10 Å². The van der Waals surface area contributed by atoms with Crippen LogP contribution in [0.15, 0.2) is 18.2 Å². The minimum atomic E-state index is -0.372. The highest BCUT2D eigenvalue weighted by molar-refractivity contribution is 5.95. The molecule has 0 spiro atoms. The first-order valence-electron chi connectivity index (χ1n) is 7.28. The number of ether oxygens (including phenoxy) is 1. The standard InChI is InChI=1S/C16H24N2O2.ClH/c1-10(2)13-6-4-5-11(3)15(13)18-16(19)14-8-7-12(9-17)20-14;/h4-6,10,12,14H,7-9,17H2,1-3H3,(H,18,19);1H/t12-,14+;/m1./s1. The summed E-state index contributed by atoms with van der Waals surface area (Å²) in [5.74, 6) is 0.309. The predicted molar refractivity (Wildman–Crippen MR) is 88.1 cm³/mol. The van der Waals surface area contributed by atoms with Gasteiger partial charge in [0.2, 0.25) is 0 Å². The maximum absolute atomic E-state index is 12.3. The lowest BCUT2D eigenvalue weighted by Crippen LogP contribution is -2.30. The first-order valence-corrected chi connectivity index (χ1v) is 7.28. The molecule has 1 aromatic carbocycles. The molecule has 1 aromatic rings. The number of hydrogen-bond donors (Lipinski definition) is 2. The average molecular weight is 313 g/mol.